The van der Waals surface area contributed by atoms with E-state index in [0.29, 0.717) is 6.10 Å². The van der Waals surface area contributed by atoms with E-state index in [-0.39, 0.29) is 5.60 Å². The molecule has 1 fully saturated rings. The smallest absolute Gasteiger partial charge is 0.0699 e. The summed E-state index contributed by atoms with van der Waals surface area (Å²) in [6.45, 7) is 9.92. The lowest BCUT2D eigenvalue weighted by molar-refractivity contribution is -0.141. The molecule has 0 radical (unpaired) electrons. The number of ether oxygens (including phenoxy) is 1. The molecule has 1 saturated carbocycles. The fourth-order valence-electron chi connectivity index (χ4n) is 2.68. The molecular weight excluding hydrogens is 224 g/mol. The maximum Gasteiger partial charge on any atom is 0.0699 e. The fourth-order valence-corrected chi connectivity index (χ4v) is 2.68. The topological polar surface area (TPSA) is 24.5 Å². The number of hydrogen-bond acceptors (Lipinski definition) is 3. The van der Waals surface area contributed by atoms with E-state index in [9.17, 15) is 0 Å². The first-order chi connectivity index (χ1) is 8.43. The van der Waals surface area contributed by atoms with E-state index in [0.717, 1.165) is 32.0 Å². The van der Waals surface area contributed by atoms with E-state index in [2.05, 4.69) is 45.1 Å². The molecule has 1 rings (SSSR count). The molecule has 0 aromatic rings. The first-order valence-corrected chi connectivity index (χ1v) is 7.47. The summed E-state index contributed by atoms with van der Waals surface area (Å²) in [7, 11) is 4.22. The Labute approximate surface area is 113 Å². The SMILES string of the molecule is CC(C)CNCCC1(OC(C)CN(C)C)CCC1. The first-order valence-electron chi connectivity index (χ1n) is 7.47. The van der Waals surface area contributed by atoms with Gasteiger partial charge in [0.2, 0.25) is 0 Å². The van der Waals surface area contributed by atoms with Crippen LogP contribution in [0.15, 0.2) is 0 Å². The lowest BCUT2D eigenvalue weighted by Gasteiger charge is -2.44. The maximum atomic E-state index is 6.31. The third kappa shape index (κ3) is 5.68. The van der Waals surface area contributed by atoms with Crippen LogP contribution in [0, 0.1) is 5.92 Å². The van der Waals surface area contributed by atoms with E-state index < -0.39 is 0 Å². The number of nitrogens with one attached hydrogen (secondary N) is 1. The van der Waals surface area contributed by atoms with Crippen molar-refractivity contribution >= 4 is 0 Å². The first kappa shape index (κ1) is 15.9. The molecule has 0 spiro atoms. The molecule has 1 aliphatic carbocycles. The zero-order valence-corrected chi connectivity index (χ0v) is 13.0. The Balaban J connectivity index is 2.25. The van der Waals surface area contributed by atoms with Crippen LogP contribution < -0.4 is 5.32 Å². The summed E-state index contributed by atoms with van der Waals surface area (Å²) in [5.74, 6) is 0.732. The highest BCUT2D eigenvalue weighted by molar-refractivity contribution is 4.91. The van der Waals surface area contributed by atoms with E-state index in [1.165, 1.54) is 19.3 Å². The Kier molecular flexibility index (Phi) is 6.61. The van der Waals surface area contributed by atoms with Crippen molar-refractivity contribution < 1.29 is 4.74 Å². The Morgan fingerprint density at radius 2 is 1.89 bits per heavy atom. The van der Waals surface area contributed by atoms with E-state index in [4.69, 9.17) is 4.74 Å². The van der Waals surface area contributed by atoms with Gasteiger partial charge in [0.1, 0.15) is 0 Å². The summed E-state index contributed by atoms with van der Waals surface area (Å²) in [6, 6.07) is 0. The van der Waals surface area contributed by atoms with E-state index in [1.807, 2.05) is 0 Å². The molecule has 0 aromatic carbocycles. The Morgan fingerprint density at radius 3 is 2.33 bits per heavy atom. The number of nitrogens with zero attached hydrogens (tertiary/aromatic N) is 1. The highest BCUT2D eigenvalue weighted by atomic mass is 16.5. The molecule has 0 bridgehead atoms. The molecular formula is C15H32N2O. The van der Waals surface area contributed by atoms with Crippen molar-refractivity contribution in [3.63, 3.8) is 0 Å². The molecule has 108 valence electrons. The van der Waals surface area contributed by atoms with Gasteiger partial charge in [-0.2, -0.15) is 0 Å². The predicted molar refractivity (Wildman–Crippen MR) is 78.0 cm³/mol. The molecule has 1 aliphatic rings. The van der Waals surface area contributed by atoms with Crippen LogP contribution in [-0.2, 0) is 4.74 Å². The lowest BCUT2D eigenvalue weighted by Crippen LogP contribution is -2.46. The van der Waals surface area contributed by atoms with Crippen molar-refractivity contribution in [3.8, 4) is 0 Å². The fraction of sp³-hybridized carbons (Fsp3) is 1.00. The zero-order valence-electron chi connectivity index (χ0n) is 13.0. The third-order valence-electron chi connectivity index (χ3n) is 3.65. The van der Waals surface area contributed by atoms with Crippen LogP contribution in [0.5, 0.6) is 0 Å². The van der Waals surface area contributed by atoms with Crippen LogP contribution in [0.25, 0.3) is 0 Å². The van der Waals surface area contributed by atoms with Gasteiger partial charge in [0.05, 0.1) is 11.7 Å². The molecule has 0 aromatic heterocycles. The summed E-state index contributed by atoms with van der Waals surface area (Å²) in [6.07, 6.45) is 5.32. The van der Waals surface area contributed by atoms with Crippen LogP contribution >= 0.6 is 0 Å². The summed E-state index contributed by atoms with van der Waals surface area (Å²) < 4.78 is 6.31. The van der Waals surface area contributed by atoms with Gasteiger partial charge in [-0.3, -0.25) is 0 Å². The van der Waals surface area contributed by atoms with Crippen molar-refractivity contribution in [1.29, 1.82) is 0 Å². The average molecular weight is 256 g/mol. The van der Waals surface area contributed by atoms with Gasteiger partial charge < -0.3 is 15.0 Å². The predicted octanol–water partition coefficient (Wildman–Crippen LogP) is 2.51. The molecule has 1 unspecified atom stereocenters. The maximum absolute atomic E-state index is 6.31. The highest BCUT2D eigenvalue weighted by Crippen LogP contribution is 2.39. The molecule has 3 heteroatoms. The third-order valence-corrected chi connectivity index (χ3v) is 3.65. The van der Waals surface area contributed by atoms with Crippen LogP contribution in [-0.4, -0.2) is 50.3 Å². The summed E-state index contributed by atoms with van der Waals surface area (Å²) in [5, 5.41) is 3.53. The normalized spacial score (nSPS) is 20.2. The van der Waals surface area contributed by atoms with Crippen molar-refractivity contribution in [1.82, 2.24) is 10.2 Å². The van der Waals surface area contributed by atoms with Crippen molar-refractivity contribution in [2.75, 3.05) is 33.7 Å². The van der Waals surface area contributed by atoms with Gasteiger partial charge in [-0.15, -0.1) is 0 Å². The van der Waals surface area contributed by atoms with Crippen molar-refractivity contribution in [3.05, 3.63) is 0 Å². The Hall–Kier alpha value is -0.120. The van der Waals surface area contributed by atoms with Crippen LogP contribution in [0.4, 0.5) is 0 Å². The number of likely N-dealkylation sites (N-methyl/N-ethyl adjacent to an activating group) is 1. The second-order valence-electron chi connectivity index (χ2n) is 6.58. The molecule has 1 atom stereocenters. The van der Waals surface area contributed by atoms with Gasteiger partial charge in [0, 0.05) is 6.54 Å². The number of rotatable bonds is 9. The van der Waals surface area contributed by atoms with Crippen LogP contribution in [0.3, 0.4) is 0 Å². The van der Waals surface area contributed by atoms with Gasteiger partial charge in [-0.1, -0.05) is 13.8 Å². The summed E-state index contributed by atoms with van der Waals surface area (Å²) in [4.78, 5) is 2.20. The minimum atomic E-state index is 0.180. The molecule has 0 amide bonds. The lowest BCUT2D eigenvalue weighted by atomic mass is 9.77. The molecule has 1 N–H and O–H groups in total. The van der Waals surface area contributed by atoms with Crippen LogP contribution in [0.1, 0.15) is 46.5 Å². The molecule has 0 heterocycles. The Bertz CT molecular complexity index is 225. The van der Waals surface area contributed by atoms with Gasteiger partial charge in [-0.05, 0) is 65.7 Å². The highest BCUT2D eigenvalue weighted by Gasteiger charge is 2.38. The van der Waals surface area contributed by atoms with Gasteiger partial charge in [0.25, 0.3) is 0 Å². The van der Waals surface area contributed by atoms with Gasteiger partial charge in [0.15, 0.2) is 0 Å². The van der Waals surface area contributed by atoms with Crippen LogP contribution in [0.2, 0.25) is 0 Å². The standard InChI is InChI=1S/C15H32N2O/c1-13(2)11-16-10-9-15(7-6-8-15)18-14(3)12-17(4)5/h13-14,16H,6-12H2,1-5H3. The van der Waals surface area contributed by atoms with Crippen molar-refractivity contribution in [2.45, 2.75) is 58.2 Å². The molecule has 0 aliphatic heterocycles. The minimum absolute atomic E-state index is 0.180. The average Bonchev–Trinajstić information content (AvgIpc) is 2.18. The Morgan fingerprint density at radius 1 is 1.22 bits per heavy atom. The molecule has 3 nitrogen and oxygen atoms in total. The largest absolute Gasteiger partial charge is 0.371 e. The zero-order chi connectivity index (χ0) is 13.6. The van der Waals surface area contributed by atoms with Gasteiger partial charge >= 0.3 is 0 Å². The van der Waals surface area contributed by atoms with E-state index >= 15 is 0 Å². The quantitative estimate of drug-likeness (QED) is 0.642. The second kappa shape index (κ2) is 7.46. The van der Waals surface area contributed by atoms with E-state index in [1.54, 1.807) is 0 Å². The minimum Gasteiger partial charge on any atom is -0.371 e. The monoisotopic (exact) mass is 256 g/mol. The molecule has 18 heavy (non-hydrogen) atoms. The second-order valence-corrected chi connectivity index (χ2v) is 6.58. The summed E-state index contributed by atoms with van der Waals surface area (Å²) >= 11 is 0. The number of hydrogen-bond donors (Lipinski definition) is 1. The van der Waals surface area contributed by atoms with Crippen molar-refractivity contribution in [2.24, 2.45) is 5.92 Å². The molecule has 0 saturated heterocycles. The summed E-state index contributed by atoms with van der Waals surface area (Å²) in [5.41, 5.74) is 0.180. The van der Waals surface area contributed by atoms with Gasteiger partial charge in [-0.25, -0.2) is 0 Å².